The fourth-order valence-electron chi connectivity index (χ4n) is 1.53. The van der Waals surface area contributed by atoms with E-state index in [1.807, 2.05) is 0 Å². The van der Waals surface area contributed by atoms with Crippen LogP contribution in [0.5, 0.6) is 11.5 Å². The summed E-state index contributed by atoms with van der Waals surface area (Å²) in [4.78, 5) is 0. The molecule has 96 valence electrons. The predicted molar refractivity (Wildman–Crippen MR) is 65.5 cm³/mol. The third kappa shape index (κ3) is 1.90. The number of aromatic nitrogens is 2. The molecule has 7 heteroatoms. The van der Waals surface area contributed by atoms with Crippen molar-refractivity contribution in [1.82, 2.24) is 9.78 Å². The Morgan fingerprint density at radius 1 is 1.11 bits per heavy atom. The number of hydrogen-bond donors (Lipinski definition) is 2. The van der Waals surface area contributed by atoms with Gasteiger partial charge in [0.1, 0.15) is 17.2 Å². The lowest BCUT2D eigenvalue weighted by Crippen LogP contribution is -2.03. The average molecular weight is 252 g/mol. The highest BCUT2D eigenvalue weighted by Gasteiger charge is 2.14. The van der Waals surface area contributed by atoms with E-state index in [4.69, 9.17) is 20.9 Å². The summed E-state index contributed by atoms with van der Waals surface area (Å²) in [5, 5.41) is 3.62. The quantitative estimate of drug-likeness (QED) is 0.856. The van der Waals surface area contributed by atoms with Gasteiger partial charge in [-0.2, -0.15) is 4.39 Å². The van der Waals surface area contributed by atoms with Crippen molar-refractivity contribution in [1.29, 1.82) is 0 Å². The number of ether oxygens (including phenoxy) is 2. The van der Waals surface area contributed by atoms with Crippen LogP contribution < -0.4 is 20.9 Å². The second-order valence-corrected chi connectivity index (χ2v) is 3.57. The second kappa shape index (κ2) is 4.44. The fourth-order valence-corrected chi connectivity index (χ4v) is 1.53. The summed E-state index contributed by atoms with van der Waals surface area (Å²) in [6, 6.07) is 4.97. The van der Waals surface area contributed by atoms with Crippen molar-refractivity contribution < 1.29 is 13.9 Å². The first-order valence-electron chi connectivity index (χ1n) is 5.09. The zero-order chi connectivity index (χ0) is 13.3. The topological polar surface area (TPSA) is 88.3 Å². The molecule has 0 aliphatic carbocycles. The zero-order valence-corrected chi connectivity index (χ0v) is 9.98. The third-order valence-electron chi connectivity index (χ3n) is 2.49. The minimum absolute atomic E-state index is 0.0304. The molecule has 0 bridgehead atoms. The molecule has 1 heterocycles. The van der Waals surface area contributed by atoms with Crippen LogP contribution in [0.15, 0.2) is 18.2 Å². The monoisotopic (exact) mass is 252 g/mol. The van der Waals surface area contributed by atoms with Crippen LogP contribution in [0.3, 0.4) is 0 Å². The number of hydrogen-bond acceptors (Lipinski definition) is 5. The van der Waals surface area contributed by atoms with Crippen LogP contribution in [0, 0.1) is 5.95 Å². The number of nitrogens with two attached hydrogens (primary N) is 2. The van der Waals surface area contributed by atoms with Gasteiger partial charge in [-0.15, -0.1) is 5.10 Å². The van der Waals surface area contributed by atoms with Crippen molar-refractivity contribution in [3.8, 4) is 17.2 Å². The molecule has 0 aliphatic heterocycles. The molecule has 0 radical (unpaired) electrons. The fraction of sp³-hybridized carbons (Fsp3) is 0.182. The Bertz CT molecular complexity index is 560. The molecular formula is C11H13FN4O2. The largest absolute Gasteiger partial charge is 0.497 e. The molecule has 0 fully saturated rings. The highest BCUT2D eigenvalue weighted by atomic mass is 19.1. The number of anilines is 2. The highest BCUT2D eigenvalue weighted by molar-refractivity contribution is 5.62. The summed E-state index contributed by atoms with van der Waals surface area (Å²) < 4.78 is 24.7. The molecule has 2 aromatic rings. The van der Waals surface area contributed by atoms with E-state index < -0.39 is 5.95 Å². The van der Waals surface area contributed by atoms with Crippen LogP contribution in [-0.2, 0) is 0 Å². The van der Waals surface area contributed by atoms with Gasteiger partial charge in [-0.1, -0.05) is 0 Å². The van der Waals surface area contributed by atoms with Crippen LogP contribution >= 0.6 is 0 Å². The molecule has 1 aromatic carbocycles. The molecule has 2 rings (SSSR count). The van der Waals surface area contributed by atoms with Crippen molar-refractivity contribution in [2.24, 2.45) is 0 Å². The molecule has 0 saturated carbocycles. The van der Waals surface area contributed by atoms with E-state index in [0.717, 1.165) is 0 Å². The molecule has 0 atom stereocenters. The summed E-state index contributed by atoms with van der Waals surface area (Å²) in [5.41, 5.74) is 11.4. The Morgan fingerprint density at radius 2 is 1.67 bits per heavy atom. The maximum atomic E-state index is 13.3. The lowest BCUT2D eigenvalue weighted by Gasteiger charge is -2.09. The van der Waals surface area contributed by atoms with E-state index in [1.165, 1.54) is 18.9 Å². The van der Waals surface area contributed by atoms with Crippen molar-refractivity contribution in [2.75, 3.05) is 25.7 Å². The number of halogens is 1. The Kier molecular flexibility index (Phi) is 2.97. The summed E-state index contributed by atoms with van der Waals surface area (Å²) in [5.74, 6) is 0.300. The maximum Gasteiger partial charge on any atom is 0.258 e. The highest BCUT2D eigenvalue weighted by Crippen LogP contribution is 2.28. The molecule has 0 spiro atoms. The van der Waals surface area contributed by atoms with E-state index in [9.17, 15) is 4.39 Å². The van der Waals surface area contributed by atoms with Crippen molar-refractivity contribution in [3.05, 3.63) is 24.1 Å². The van der Waals surface area contributed by atoms with Gasteiger partial charge in [-0.25, -0.2) is 4.68 Å². The first kappa shape index (κ1) is 12.0. The number of nitrogens with zero attached hydrogens (tertiary/aromatic N) is 2. The zero-order valence-electron chi connectivity index (χ0n) is 9.98. The van der Waals surface area contributed by atoms with Crippen LogP contribution in [0.1, 0.15) is 0 Å². The molecule has 18 heavy (non-hydrogen) atoms. The van der Waals surface area contributed by atoms with E-state index in [-0.39, 0.29) is 11.5 Å². The maximum absolute atomic E-state index is 13.3. The molecule has 4 N–H and O–H groups in total. The SMILES string of the molecule is COc1cc(OC)cc(-n2nc(F)c(N)c2N)c1. The second-order valence-electron chi connectivity index (χ2n) is 3.57. The molecule has 0 aliphatic rings. The normalized spacial score (nSPS) is 10.4. The Balaban J connectivity index is 2.59. The van der Waals surface area contributed by atoms with E-state index >= 15 is 0 Å². The lowest BCUT2D eigenvalue weighted by atomic mass is 10.3. The summed E-state index contributed by atoms with van der Waals surface area (Å²) >= 11 is 0. The van der Waals surface area contributed by atoms with Gasteiger partial charge in [-0.05, 0) is 0 Å². The van der Waals surface area contributed by atoms with E-state index in [2.05, 4.69) is 5.10 Å². The van der Waals surface area contributed by atoms with Crippen LogP contribution in [0.2, 0.25) is 0 Å². The number of benzene rings is 1. The van der Waals surface area contributed by atoms with Crippen molar-refractivity contribution in [3.63, 3.8) is 0 Å². The first-order chi connectivity index (χ1) is 8.56. The van der Waals surface area contributed by atoms with E-state index in [0.29, 0.717) is 17.2 Å². The van der Waals surface area contributed by atoms with Crippen LogP contribution in [0.25, 0.3) is 5.69 Å². The van der Waals surface area contributed by atoms with Gasteiger partial charge >= 0.3 is 0 Å². The van der Waals surface area contributed by atoms with Gasteiger partial charge in [0.05, 0.1) is 19.9 Å². The van der Waals surface area contributed by atoms with Gasteiger partial charge in [0.25, 0.3) is 5.95 Å². The van der Waals surface area contributed by atoms with Gasteiger partial charge in [0.2, 0.25) is 0 Å². The predicted octanol–water partition coefficient (Wildman–Crippen LogP) is 1.19. The summed E-state index contributed by atoms with van der Waals surface area (Å²) in [7, 11) is 3.03. The minimum Gasteiger partial charge on any atom is -0.497 e. The van der Waals surface area contributed by atoms with Gasteiger partial charge in [-0.3, -0.25) is 0 Å². The smallest absolute Gasteiger partial charge is 0.258 e. The summed E-state index contributed by atoms with van der Waals surface area (Å²) in [6.45, 7) is 0. The number of methoxy groups -OCH3 is 2. The lowest BCUT2D eigenvalue weighted by molar-refractivity contribution is 0.393. The Morgan fingerprint density at radius 3 is 2.06 bits per heavy atom. The summed E-state index contributed by atoms with van der Waals surface area (Å²) in [6.07, 6.45) is 0. The van der Waals surface area contributed by atoms with Gasteiger partial charge < -0.3 is 20.9 Å². The average Bonchev–Trinajstić information content (AvgIpc) is 2.65. The molecule has 0 saturated heterocycles. The molecule has 6 nitrogen and oxygen atoms in total. The Labute approximate surface area is 103 Å². The molecule has 0 amide bonds. The van der Waals surface area contributed by atoms with Gasteiger partial charge in [0.15, 0.2) is 5.82 Å². The van der Waals surface area contributed by atoms with Crippen molar-refractivity contribution >= 4 is 11.5 Å². The minimum atomic E-state index is -0.811. The number of nitrogen functional groups attached to an aromatic ring is 2. The van der Waals surface area contributed by atoms with Crippen LogP contribution in [-0.4, -0.2) is 24.0 Å². The molecule has 0 unspecified atom stereocenters. The van der Waals surface area contributed by atoms with Gasteiger partial charge in [0, 0.05) is 18.2 Å². The first-order valence-corrected chi connectivity index (χ1v) is 5.09. The van der Waals surface area contributed by atoms with Crippen LogP contribution in [0.4, 0.5) is 15.9 Å². The third-order valence-corrected chi connectivity index (χ3v) is 2.49. The standard InChI is InChI=1S/C11H13FN4O2/c1-17-7-3-6(4-8(5-7)18-2)16-11(14)9(13)10(12)15-16/h3-5H,13-14H2,1-2H3. The van der Waals surface area contributed by atoms with E-state index in [1.54, 1.807) is 18.2 Å². The Hall–Kier alpha value is -2.44. The van der Waals surface area contributed by atoms with Crippen molar-refractivity contribution in [2.45, 2.75) is 0 Å². The number of rotatable bonds is 3. The molecule has 1 aromatic heterocycles. The molecular weight excluding hydrogens is 239 g/mol.